The van der Waals surface area contributed by atoms with Crippen LogP contribution in [0.1, 0.15) is 73.8 Å². The maximum Gasteiger partial charge on any atom is 0.305 e. The first-order valence-corrected chi connectivity index (χ1v) is 34.9. The van der Waals surface area contributed by atoms with Crippen molar-refractivity contribution in [2.24, 2.45) is 5.73 Å². The van der Waals surface area contributed by atoms with E-state index in [-0.39, 0.29) is 74.3 Å². The van der Waals surface area contributed by atoms with Gasteiger partial charge in [-0.05, 0) is 109 Å². The number of carbonyl (C=O) groups is 11. The summed E-state index contributed by atoms with van der Waals surface area (Å²) in [5.41, 5.74) is 7.96. The second kappa shape index (κ2) is 34.4. The maximum atomic E-state index is 15.2. The number of aliphatic carboxylic acids is 1. The van der Waals surface area contributed by atoms with Gasteiger partial charge in [0.2, 0.25) is 59.1 Å². The summed E-state index contributed by atoms with van der Waals surface area (Å²) < 4.78 is 35.3. The number of carboxylic acids is 1. The van der Waals surface area contributed by atoms with E-state index in [9.17, 15) is 52.6 Å². The number of aromatic nitrogens is 2. The number of phenolic OH excluding ortho intramolecular Hbond substituents is 1. The highest BCUT2D eigenvalue weighted by Gasteiger charge is 2.49. The van der Waals surface area contributed by atoms with Crippen LogP contribution in [0.2, 0.25) is 0 Å². The molecule has 5 heterocycles. The number of H-pyrrole nitrogens is 2. The van der Waals surface area contributed by atoms with Gasteiger partial charge in [0, 0.05) is 116 Å². The Bertz CT molecular complexity index is 4010. The molecule has 28 nitrogen and oxygen atoms in total. The van der Waals surface area contributed by atoms with Crippen molar-refractivity contribution in [3.05, 3.63) is 137 Å². The molecule has 4 aromatic carbocycles. The third-order valence-corrected chi connectivity index (χ3v) is 20.0. The van der Waals surface area contributed by atoms with E-state index in [1.54, 1.807) is 0 Å². The van der Waals surface area contributed by atoms with Gasteiger partial charge in [-0.1, -0.05) is 36.4 Å². The number of nitrogens with two attached hydrogens (primary N) is 1. The molecule has 0 radical (unpaired) electrons. The van der Waals surface area contributed by atoms with E-state index in [2.05, 4.69) is 63.1 Å². The van der Waals surface area contributed by atoms with Gasteiger partial charge < -0.3 is 88.7 Å². The predicted molar refractivity (Wildman–Crippen MR) is 367 cm³/mol. The van der Waals surface area contributed by atoms with Gasteiger partial charge in [0.25, 0.3) is 0 Å². The molecule has 100 heavy (non-hydrogen) atoms. The van der Waals surface area contributed by atoms with Crippen LogP contribution in [-0.2, 0) is 88.2 Å². The monoisotopic (exact) mass is 1420 g/mol. The first-order chi connectivity index (χ1) is 47.8. The van der Waals surface area contributed by atoms with Crippen LogP contribution >= 0.6 is 23.5 Å². The van der Waals surface area contributed by atoms with Gasteiger partial charge in [0.05, 0.1) is 19.1 Å². The highest BCUT2D eigenvalue weighted by atomic mass is 32.2. The van der Waals surface area contributed by atoms with Crippen LogP contribution in [-0.4, -0.2) is 195 Å². The van der Waals surface area contributed by atoms with E-state index in [1.165, 1.54) is 122 Å². The van der Waals surface area contributed by atoms with Crippen molar-refractivity contribution < 1.29 is 76.5 Å². The molecule has 9 rings (SSSR count). The molecule has 1 unspecified atom stereocenters. The van der Waals surface area contributed by atoms with Crippen molar-refractivity contribution in [2.75, 3.05) is 44.9 Å². The molecule has 2 bridgehead atoms. The average molecular weight is 1420 g/mol. The number of carboxylic acid groups (broad SMARTS) is 1. The van der Waals surface area contributed by atoms with Crippen LogP contribution < -0.4 is 58.9 Å². The average Bonchev–Trinajstić information content (AvgIpc) is 1.58. The molecular weight excluding hydrogens is 1340 g/mol. The zero-order valence-electron chi connectivity index (χ0n) is 55.1. The number of rotatable bonds is 13. The van der Waals surface area contributed by atoms with Gasteiger partial charge in [-0.3, -0.25) is 52.7 Å². The van der Waals surface area contributed by atoms with E-state index in [0.29, 0.717) is 51.2 Å². The zero-order chi connectivity index (χ0) is 71.8. The summed E-state index contributed by atoms with van der Waals surface area (Å²) in [6.45, 7) is 2.88. The molecule has 10 atom stereocenters. The lowest BCUT2D eigenvalue weighted by molar-refractivity contribution is -0.147. The normalized spacial score (nSPS) is 24.7. The molecule has 2 saturated heterocycles. The standard InChI is InChI=1S/C68H82F2N14O14S2/c1-36(98-3)59-65(95)75-31-57(87)77-50(22-40-28-73-48-14-10-42(69)24-46(40)48)61(91)78-51(23-41-29-74-49-15-11-43(70)25-47(41)49)62(92)80-53(27-58(88)89)64(94)79-52(26-44-30-72-35-76-44)63(93)81-54(21-37-8-12-45(85)13-9-37)66(96)84-18-5-17-68(84,2)67(97)82-55(60(71)90)34-100-33-39-7-4-6-38(20-39)32-99-19-16-56(86)83-59/h4,6-15,20,24-25,28-29,36,44,50-55,59,72-74,76,85H,5,16-19,21-23,26-27,30-35H2,1-3H3,(H2,71,90)(H,75,95)(H,77,87)(H,78,91)(H,79,94)(H,80,92)(H,81,93)(H,82,97)(H,83,86)(H,88,89)/t36-,44?,50-,51-,52-,53-,54-,55-,59-,68-/m0/s1. The fourth-order valence-corrected chi connectivity index (χ4v) is 14.2. The summed E-state index contributed by atoms with van der Waals surface area (Å²) in [4.78, 5) is 164. The fraction of sp³-hybridized carbons (Fsp3) is 0.426. The summed E-state index contributed by atoms with van der Waals surface area (Å²) >= 11 is 2.77. The number of carbonyl (C=O) groups excluding carboxylic acids is 10. The molecule has 2 fully saturated rings. The highest BCUT2D eigenvalue weighted by Crippen LogP contribution is 2.32. The van der Waals surface area contributed by atoms with E-state index in [4.69, 9.17) is 10.5 Å². The smallest absolute Gasteiger partial charge is 0.305 e. The van der Waals surface area contributed by atoms with Crippen molar-refractivity contribution in [1.29, 1.82) is 0 Å². The summed E-state index contributed by atoms with van der Waals surface area (Å²) in [5, 5.41) is 48.4. The summed E-state index contributed by atoms with van der Waals surface area (Å²) in [6.07, 6.45) is 0.0607. The Morgan fingerprint density at radius 3 is 1.90 bits per heavy atom. The number of methoxy groups -OCH3 is 1. The van der Waals surface area contributed by atoms with Crippen molar-refractivity contribution in [1.82, 2.24) is 68.0 Å². The molecule has 6 aromatic rings. The van der Waals surface area contributed by atoms with Crippen LogP contribution in [0.15, 0.2) is 97.3 Å². The quantitative estimate of drug-likeness (QED) is 0.0768. The minimum absolute atomic E-state index is 0.0297. The van der Waals surface area contributed by atoms with Crippen molar-refractivity contribution in [3.8, 4) is 5.75 Å². The minimum Gasteiger partial charge on any atom is -0.508 e. The second-order valence-electron chi connectivity index (χ2n) is 25.2. The number of primary amides is 1. The Labute approximate surface area is 582 Å². The van der Waals surface area contributed by atoms with Crippen LogP contribution in [0.25, 0.3) is 21.8 Å². The molecule has 3 aliphatic rings. The van der Waals surface area contributed by atoms with E-state index in [1.807, 2.05) is 24.3 Å². The molecule has 10 amide bonds. The topological polar surface area (TPSA) is 419 Å². The number of hydrogen-bond acceptors (Lipinski definition) is 17. The molecule has 0 saturated carbocycles. The number of amides is 10. The second-order valence-corrected chi connectivity index (χ2v) is 27.3. The van der Waals surface area contributed by atoms with Gasteiger partial charge in [0.1, 0.15) is 65.2 Å². The number of nitrogens with one attached hydrogen (secondary N) is 12. The molecule has 534 valence electrons. The molecule has 3 aliphatic heterocycles. The highest BCUT2D eigenvalue weighted by molar-refractivity contribution is 7.98. The number of thioether (sulfide) groups is 2. The van der Waals surface area contributed by atoms with Crippen molar-refractivity contribution in [3.63, 3.8) is 0 Å². The predicted octanol–water partition coefficient (Wildman–Crippen LogP) is 1.03. The lowest BCUT2D eigenvalue weighted by Crippen LogP contribution is -2.63. The lowest BCUT2D eigenvalue weighted by Gasteiger charge is -2.37. The molecule has 32 heteroatoms. The number of phenols is 1. The Hall–Kier alpha value is -9.63. The zero-order valence-corrected chi connectivity index (χ0v) is 56.8. The maximum absolute atomic E-state index is 15.2. The number of benzene rings is 4. The van der Waals surface area contributed by atoms with Gasteiger partial charge in [-0.25, -0.2) is 8.78 Å². The molecular formula is C68H82F2N14O14S2. The number of aromatic hydroxyl groups is 1. The SMILES string of the molecule is CO[C@@H](C)[C@@H]1NC(=O)CCSCc2cccc(c2)CSC[C@@H](C(N)=O)NC(=O)[C@]2(C)CCCN2C(=O)[C@H](Cc2ccc(O)cc2)NC(=O)[C@H](CC2CNCN2)NC(=O)[C@H](CC(=O)O)NC(=O)[C@H](Cc2c[nH]c3ccc(F)cc23)NC(=O)[C@H](Cc2c[nH]c3ccc(F)cc23)NC(=O)CNC1=O. The first kappa shape index (κ1) is 74.6. The van der Waals surface area contributed by atoms with Gasteiger partial charge >= 0.3 is 5.97 Å². The number of ether oxygens (including phenoxy) is 1. The van der Waals surface area contributed by atoms with Crippen molar-refractivity contribution >= 4 is 110 Å². The van der Waals surface area contributed by atoms with E-state index < -0.39 is 156 Å². The molecule has 0 aliphatic carbocycles. The van der Waals surface area contributed by atoms with Gasteiger partial charge in [-0.2, -0.15) is 23.5 Å². The Morgan fingerprint density at radius 1 is 0.700 bits per heavy atom. The van der Waals surface area contributed by atoms with E-state index >= 15 is 19.2 Å². The van der Waals surface area contributed by atoms with Crippen LogP contribution in [0, 0.1) is 11.6 Å². The first-order valence-electron chi connectivity index (χ1n) is 32.5. The van der Waals surface area contributed by atoms with Crippen LogP contribution in [0.5, 0.6) is 5.75 Å². The molecule has 16 N–H and O–H groups in total. The largest absolute Gasteiger partial charge is 0.508 e. The number of aromatic amines is 2. The Kier molecular flexibility index (Phi) is 25.7. The number of nitrogens with zero attached hydrogens (tertiary/aromatic N) is 1. The van der Waals surface area contributed by atoms with Crippen molar-refractivity contribution in [2.45, 2.75) is 137 Å². The number of halogens is 2. The molecule has 0 spiro atoms. The van der Waals surface area contributed by atoms with Gasteiger partial charge in [0.15, 0.2) is 0 Å². The molecule has 2 aromatic heterocycles. The van der Waals surface area contributed by atoms with Crippen LogP contribution in [0.3, 0.4) is 0 Å². The van der Waals surface area contributed by atoms with Crippen LogP contribution in [0.4, 0.5) is 8.78 Å². The lowest BCUT2D eigenvalue weighted by atomic mass is 9.95. The Morgan fingerprint density at radius 2 is 1.29 bits per heavy atom. The summed E-state index contributed by atoms with van der Waals surface area (Å²) in [5.74, 6) is -10.7. The number of fused-ring (bicyclic) bond motifs is 5. The third kappa shape index (κ3) is 19.8. The summed E-state index contributed by atoms with van der Waals surface area (Å²) in [6, 6.07) is 9.48. The number of hydrogen-bond donors (Lipinski definition) is 15. The Balaban J connectivity index is 1.06. The summed E-state index contributed by atoms with van der Waals surface area (Å²) in [7, 11) is 1.32. The third-order valence-electron chi connectivity index (χ3n) is 17.8. The fourth-order valence-electron chi connectivity index (χ4n) is 12.3. The van der Waals surface area contributed by atoms with E-state index in [0.717, 1.165) is 11.1 Å². The van der Waals surface area contributed by atoms with Gasteiger partial charge in [-0.15, -0.1) is 0 Å². The minimum atomic E-state index is -2.02.